The molecule has 0 saturated carbocycles. The van der Waals surface area contributed by atoms with Crippen LogP contribution in [0.25, 0.3) is 0 Å². The molecular formula is C15H31N3. The summed E-state index contributed by atoms with van der Waals surface area (Å²) in [5.41, 5.74) is 0. The number of rotatable bonds is 5. The second-order valence-corrected chi connectivity index (χ2v) is 6.21. The van der Waals surface area contributed by atoms with Gasteiger partial charge in [0.1, 0.15) is 0 Å². The maximum absolute atomic E-state index is 3.90. The van der Waals surface area contributed by atoms with Gasteiger partial charge in [0, 0.05) is 12.1 Å². The third kappa shape index (κ3) is 4.52. The molecule has 2 aliphatic heterocycles. The summed E-state index contributed by atoms with van der Waals surface area (Å²) in [5.74, 6) is 0. The third-order valence-electron chi connectivity index (χ3n) is 4.61. The maximum Gasteiger partial charge on any atom is 0.00940 e. The maximum atomic E-state index is 3.90. The second-order valence-electron chi connectivity index (χ2n) is 6.21. The number of hydrogen-bond donors (Lipinski definition) is 1. The molecule has 3 heteroatoms. The fourth-order valence-corrected chi connectivity index (χ4v) is 3.21. The largest absolute Gasteiger partial charge is 0.311 e. The van der Waals surface area contributed by atoms with Crippen molar-refractivity contribution in [3.8, 4) is 0 Å². The summed E-state index contributed by atoms with van der Waals surface area (Å²) in [6, 6.07) is 1.57. The predicted octanol–water partition coefficient (Wildman–Crippen LogP) is 1.93. The number of unbranched alkanes of at least 4 members (excludes halogenated alkanes) is 1. The molecule has 0 amide bonds. The standard InChI is InChI=1S/C15H31N3/c1-3-4-9-18-12-7-15(8-13-18)16-14-5-10-17(2)11-6-14/h14-16H,3-13H2,1-2H3. The normalized spacial score (nSPS) is 25.7. The lowest BCUT2D eigenvalue weighted by Crippen LogP contribution is -2.49. The third-order valence-corrected chi connectivity index (χ3v) is 4.61. The lowest BCUT2D eigenvalue weighted by molar-refractivity contribution is 0.169. The quantitative estimate of drug-likeness (QED) is 0.808. The van der Waals surface area contributed by atoms with E-state index in [1.807, 2.05) is 0 Å². The van der Waals surface area contributed by atoms with Crippen LogP contribution in [0, 0.1) is 0 Å². The first-order valence-electron chi connectivity index (χ1n) is 7.95. The van der Waals surface area contributed by atoms with Crippen LogP contribution in [0.5, 0.6) is 0 Å². The average molecular weight is 253 g/mol. The Morgan fingerprint density at radius 3 is 2.06 bits per heavy atom. The molecule has 0 aromatic rings. The molecule has 18 heavy (non-hydrogen) atoms. The summed E-state index contributed by atoms with van der Waals surface area (Å²) in [6.45, 7) is 8.76. The Bertz CT molecular complexity index is 216. The predicted molar refractivity (Wildman–Crippen MR) is 78.0 cm³/mol. The number of piperidine rings is 2. The Balaban J connectivity index is 1.61. The van der Waals surface area contributed by atoms with E-state index in [1.165, 1.54) is 71.2 Å². The highest BCUT2D eigenvalue weighted by atomic mass is 15.2. The molecule has 0 aliphatic carbocycles. The molecule has 2 rings (SSSR count). The number of nitrogens with one attached hydrogen (secondary N) is 1. The summed E-state index contributed by atoms with van der Waals surface area (Å²) < 4.78 is 0. The van der Waals surface area contributed by atoms with Crippen molar-refractivity contribution in [1.29, 1.82) is 0 Å². The van der Waals surface area contributed by atoms with Crippen molar-refractivity contribution in [2.75, 3.05) is 39.8 Å². The van der Waals surface area contributed by atoms with E-state index >= 15 is 0 Å². The number of likely N-dealkylation sites (tertiary alicyclic amines) is 2. The van der Waals surface area contributed by atoms with Crippen molar-refractivity contribution in [3.63, 3.8) is 0 Å². The van der Waals surface area contributed by atoms with E-state index in [0.717, 1.165) is 12.1 Å². The molecule has 2 fully saturated rings. The van der Waals surface area contributed by atoms with E-state index in [1.54, 1.807) is 0 Å². The molecule has 2 heterocycles. The topological polar surface area (TPSA) is 18.5 Å². The van der Waals surface area contributed by atoms with Gasteiger partial charge in [-0.25, -0.2) is 0 Å². The molecule has 0 aromatic carbocycles. The van der Waals surface area contributed by atoms with Gasteiger partial charge in [-0.1, -0.05) is 13.3 Å². The zero-order valence-corrected chi connectivity index (χ0v) is 12.3. The van der Waals surface area contributed by atoms with Gasteiger partial charge >= 0.3 is 0 Å². The molecule has 0 unspecified atom stereocenters. The van der Waals surface area contributed by atoms with E-state index in [9.17, 15) is 0 Å². The van der Waals surface area contributed by atoms with Crippen LogP contribution in [0.15, 0.2) is 0 Å². The molecule has 0 atom stereocenters. The zero-order chi connectivity index (χ0) is 12.8. The smallest absolute Gasteiger partial charge is 0.00940 e. The van der Waals surface area contributed by atoms with Crippen molar-refractivity contribution in [2.24, 2.45) is 0 Å². The van der Waals surface area contributed by atoms with Gasteiger partial charge in [0.05, 0.1) is 0 Å². The lowest BCUT2D eigenvalue weighted by atomic mass is 9.99. The van der Waals surface area contributed by atoms with Gasteiger partial charge in [-0.05, 0) is 71.9 Å². The molecule has 0 aromatic heterocycles. The van der Waals surface area contributed by atoms with Crippen LogP contribution in [0.2, 0.25) is 0 Å². The molecule has 3 nitrogen and oxygen atoms in total. The van der Waals surface area contributed by atoms with Gasteiger partial charge in [0.2, 0.25) is 0 Å². The summed E-state index contributed by atoms with van der Waals surface area (Å²) in [4.78, 5) is 5.10. The van der Waals surface area contributed by atoms with E-state index < -0.39 is 0 Å². The van der Waals surface area contributed by atoms with Gasteiger partial charge in [-0.3, -0.25) is 0 Å². The first kappa shape index (κ1) is 14.3. The van der Waals surface area contributed by atoms with Gasteiger partial charge in [0.25, 0.3) is 0 Å². The number of nitrogens with zero attached hydrogens (tertiary/aromatic N) is 2. The van der Waals surface area contributed by atoms with Gasteiger partial charge in [0.15, 0.2) is 0 Å². The lowest BCUT2D eigenvalue weighted by Gasteiger charge is -2.37. The van der Waals surface area contributed by atoms with Crippen molar-refractivity contribution in [3.05, 3.63) is 0 Å². The Morgan fingerprint density at radius 1 is 0.944 bits per heavy atom. The van der Waals surface area contributed by atoms with Crippen LogP contribution >= 0.6 is 0 Å². The fourth-order valence-electron chi connectivity index (χ4n) is 3.21. The highest BCUT2D eigenvalue weighted by molar-refractivity contribution is 4.83. The summed E-state index contributed by atoms with van der Waals surface area (Å²) in [5, 5.41) is 3.90. The first-order valence-corrected chi connectivity index (χ1v) is 7.95. The minimum Gasteiger partial charge on any atom is -0.311 e. The molecule has 2 saturated heterocycles. The second kappa shape index (κ2) is 7.46. The van der Waals surface area contributed by atoms with E-state index in [4.69, 9.17) is 0 Å². The van der Waals surface area contributed by atoms with Crippen LogP contribution < -0.4 is 5.32 Å². The molecule has 2 aliphatic rings. The number of hydrogen-bond acceptors (Lipinski definition) is 3. The van der Waals surface area contributed by atoms with Gasteiger partial charge in [-0.2, -0.15) is 0 Å². The van der Waals surface area contributed by atoms with Gasteiger partial charge < -0.3 is 15.1 Å². The molecule has 0 spiro atoms. The van der Waals surface area contributed by atoms with Crippen LogP contribution in [0.3, 0.4) is 0 Å². The molecule has 1 N–H and O–H groups in total. The Labute approximate surface area is 113 Å². The Morgan fingerprint density at radius 2 is 1.50 bits per heavy atom. The van der Waals surface area contributed by atoms with E-state index in [-0.39, 0.29) is 0 Å². The van der Waals surface area contributed by atoms with Crippen molar-refractivity contribution < 1.29 is 0 Å². The van der Waals surface area contributed by atoms with Crippen LogP contribution in [0.1, 0.15) is 45.4 Å². The minimum atomic E-state index is 0.786. The monoisotopic (exact) mass is 253 g/mol. The van der Waals surface area contributed by atoms with E-state index in [2.05, 4.69) is 29.1 Å². The fraction of sp³-hybridized carbons (Fsp3) is 1.00. The van der Waals surface area contributed by atoms with Gasteiger partial charge in [-0.15, -0.1) is 0 Å². The zero-order valence-electron chi connectivity index (χ0n) is 12.3. The molecule has 0 radical (unpaired) electrons. The Hall–Kier alpha value is -0.120. The average Bonchev–Trinajstić information content (AvgIpc) is 2.41. The van der Waals surface area contributed by atoms with Crippen LogP contribution in [-0.2, 0) is 0 Å². The summed E-state index contributed by atoms with van der Waals surface area (Å²) >= 11 is 0. The van der Waals surface area contributed by atoms with E-state index in [0.29, 0.717) is 0 Å². The molecule has 0 bridgehead atoms. The summed E-state index contributed by atoms with van der Waals surface area (Å²) in [7, 11) is 2.24. The highest BCUT2D eigenvalue weighted by Crippen LogP contribution is 2.15. The van der Waals surface area contributed by atoms with Crippen molar-refractivity contribution in [2.45, 2.75) is 57.5 Å². The Kier molecular flexibility index (Phi) is 5.93. The SMILES string of the molecule is CCCCN1CCC(NC2CCN(C)CC2)CC1. The van der Waals surface area contributed by atoms with Crippen LogP contribution in [0.4, 0.5) is 0 Å². The van der Waals surface area contributed by atoms with Crippen LogP contribution in [-0.4, -0.2) is 61.7 Å². The minimum absolute atomic E-state index is 0.786. The van der Waals surface area contributed by atoms with Crippen molar-refractivity contribution >= 4 is 0 Å². The summed E-state index contributed by atoms with van der Waals surface area (Å²) in [6.07, 6.45) is 8.09. The molecule has 106 valence electrons. The first-order chi connectivity index (χ1) is 8.78. The molecular weight excluding hydrogens is 222 g/mol. The van der Waals surface area contributed by atoms with Crippen molar-refractivity contribution in [1.82, 2.24) is 15.1 Å². The highest BCUT2D eigenvalue weighted by Gasteiger charge is 2.23.